The molecule has 4 rings (SSSR count). The molecule has 1 aromatic heterocycles. The summed E-state index contributed by atoms with van der Waals surface area (Å²) in [6, 6.07) is 15.6. The fourth-order valence-electron chi connectivity index (χ4n) is 3.04. The van der Waals surface area contributed by atoms with E-state index in [0.717, 1.165) is 16.5 Å². The van der Waals surface area contributed by atoms with Crippen molar-refractivity contribution in [1.29, 1.82) is 0 Å². The minimum absolute atomic E-state index is 0.185. The lowest BCUT2D eigenvalue weighted by molar-refractivity contribution is 0.0951. The molecule has 0 aliphatic carbocycles. The Bertz CT molecular complexity index is 1190. The Kier molecular flexibility index (Phi) is 5.27. The quantitative estimate of drug-likeness (QED) is 0.505. The van der Waals surface area contributed by atoms with Gasteiger partial charge in [-0.1, -0.05) is 35.9 Å². The van der Waals surface area contributed by atoms with Crippen LogP contribution < -0.4 is 5.32 Å². The van der Waals surface area contributed by atoms with E-state index < -0.39 is 5.82 Å². The molecule has 0 spiro atoms. The van der Waals surface area contributed by atoms with Crippen LogP contribution in [0.1, 0.15) is 21.5 Å². The van der Waals surface area contributed by atoms with Crippen LogP contribution in [0.15, 0.2) is 66.9 Å². The molecule has 0 aliphatic heterocycles. The Morgan fingerprint density at radius 1 is 1.00 bits per heavy atom. The number of aromatic nitrogens is 2. The number of fused-ring (bicyclic) bond motifs is 1. The second kappa shape index (κ2) is 8.01. The molecular formula is C22H16ClF2N3O. The molecular weight excluding hydrogens is 396 g/mol. The second-order valence-electron chi connectivity index (χ2n) is 6.62. The molecule has 1 amide bonds. The molecule has 0 unspecified atom stereocenters. The van der Waals surface area contributed by atoms with E-state index in [4.69, 9.17) is 11.6 Å². The van der Waals surface area contributed by atoms with Gasteiger partial charge in [0.1, 0.15) is 11.6 Å². The Morgan fingerprint density at radius 3 is 2.52 bits per heavy atom. The molecule has 0 saturated carbocycles. The van der Waals surface area contributed by atoms with Gasteiger partial charge in [0, 0.05) is 22.5 Å². The summed E-state index contributed by atoms with van der Waals surface area (Å²) in [5, 5.41) is 8.31. The average molecular weight is 412 g/mol. The summed E-state index contributed by atoms with van der Waals surface area (Å²) < 4.78 is 28.0. The summed E-state index contributed by atoms with van der Waals surface area (Å²) in [7, 11) is 0. The predicted octanol–water partition coefficient (Wildman–Crippen LogP) is 4.95. The molecule has 1 heterocycles. The summed E-state index contributed by atoms with van der Waals surface area (Å²) >= 11 is 6.00. The van der Waals surface area contributed by atoms with E-state index in [9.17, 15) is 13.6 Å². The normalized spacial score (nSPS) is 11.0. The van der Waals surface area contributed by atoms with Gasteiger partial charge in [-0.25, -0.2) is 8.78 Å². The largest absolute Gasteiger partial charge is 0.348 e. The number of amides is 1. The first kappa shape index (κ1) is 19.1. The van der Waals surface area contributed by atoms with E-state index in [1.807, 2.05) is 6.07 Å². The fourth-order valence-corrected chi connectivity index (χ4v) is 3.28. The highest BCUT2D eigenvalue weighted by Gasteiger charge is 2.11. The SMILES string of the molecule is O=C(NCc1ccc(F)cc1Cl)c1ccc2cnn(Cc3ccc(F)cc3)c2c1. The highest BCUT2D eigenvalue weighted by atomic mass is 35.5. The van der Waals surface area contributed by atoms with Gasteiger partial charge < -0.3 is 5.32 Å². The third-order valence-corrected chi connectivity index (χ3v) is 4.96. The maximum atomic E-state index is 13.1. The number of hydrogen-bond donors (Lipinski definition) is 1. The monoisotopic (exact) mass is 411 g/mol. The van der Waals surface area contributed by atoms with Gasteiger partial charge in [0.15, 0.2) is 0 Å². The molecule has 0 bridgehead atoms. The smallest absolute Gasteiger partial charge is 0.251 e. The summed E-state index contributed by atoms with van der Waals surface area (Å²) in [6.07, 6.45) is 1.72. The van der Waals surface area contributed by atoms with Crippen LogP contribution >= 0.6 is 11.6 Å². The highest BCUT2D eigenvalue weighted by Crippen LogP contribution is 2.19. The van der Waals surface area contributed by atoms with Crippen molar-refractivity contribution in [3.05, 3.63) is 100 Å². The third-order valence-electron chi connectivity index (χ3n) is 4.61. The molecule has 146 valence electrons. The first-order valence-electron chi connectivity index (χ1n) is 8.92. The predicted molar refractivity (Wildman–Crippen MR) is 108 cm³/mol. The maximum absolute atomic E-state index is 13.1. The van der Waals surface area contributed by atoms with Crippen molar-refractivity contribution < 1.29 is 13.6 Å². The fraction of sp³-hybridized carbons (Fsp3) is 0.0909. The maximum Gasteiger partial charge on any atom is 0.251 e. The molecule has 0 aliphatic rings. The number of nitrogens with zero attached hydrogens (tertiary/aromatic N) is 2. The van der Waals surface area contributed by atoms with E-state index in [-0.39, 0.29) is 23.3 Å². The van der Waals surface area contributed by atoms with Crippen LogP contribution in [0, 0.1) is 11.6 Å². The lowest BCUT2D eigenvalue weighted by Gasteiger charge is -2.08. The van der Waals surface area contributed by atoms with Gasteiger partial charge >= 0.3 is 0 Å². The van der Waals surface area contributed by atoms with Crippen LogP contribution in [0.25, 0.3) is 10.9 Å². The van der Waals surface area contributed by atoms with Crippen LogP contribution in [-0.4, -0.2) is 15.7 Å². The summed E-state index contributed by atoms with van der Waals surface area (Å²) in [5.74, 6) is -0.994. The van der Waals surface area contributed by atoms with Crippen molar-refractivity contribution in [3.63, 3.8) is 0 Å². The standard InChI is InChI=1S/C22H16ClF2N3O/c23-20-10-19(25)8-5-16(20)11-26-22(29)15-3-4-17-12-27-28(21(17)9-15)13-14-1-6-18(24)7-2-14/h1-10,12H,11,13H2,(H,26,29). The minimum atomic E-state index is -0.426. The molecule has 4 aromatic rings. The average Bonchev–Trinajstić information content (AvgIpc) is 3.11. The van der Waals surface area contributed by atoms with Crippen molar-refractivity contribution in [1.82, 2.24) is 15.1 Å². The second-order valence-corrected chi connectivity index (χ2v) is 7.03. The summed E-state index contributed by atoms with van der Waals surface area (Å²) in [6.45, 7) is 0.644. The van der Waals surface area contributed by atoms with Crippen molar-refractivity contribution in [2.75, 3.05) is 0 Å². The van der Waals surface area contributed by atoms with E-state index in [0.29, 0.717) is 17.7 Å². The van der Waals surface area contributed by atoms with Crippen LogP contribution in [0.3, 0.4) is 0 Å². The summed E-state index contributed by atoms with van der Waals surface area (Å²) in [5.41, 5.74) is 2.79. The van der Waals surface area contributed by atoms with E-state index in [1.54, 1.807) is 41.2 Å². The number of nitrogens with one attached hydrogen (secondary N) is 1. The van der Waals surface area contributed by atoms with Crippen molar-refractivity contribution in [3.8, 4) is 0 Å². The highest BCUT2D eigenvalue weighted by molar-refractivity contribution is 6.31. The van der Waals surface area contributed by atoms with Gasteiger partial charge in [-0.3, -0.25) is 9.48 Å². The lowest BCUT2D eigenvalue weighted by Crippen LogP contribution is -2.23. The number of carbonyl (C=O) groups excluding carboxylic acids is 1. The van der Waals surface area contributed by atoms with Crippen LogP contribution in [0.5, 0.6) is 0 Å². The van der Waals surface area contributed by atoms with Gasteiger partial charge in [0.2, 0.25) is 0 Å². The van der Waals surface area contributed by atoms with Crippen LogP contribution in [-0.2, 0) is 13.1 Å². The van der Waals surface area contributed by atoms with Crippen molar-refractivity contribution in [2.24, 2.45) is 0 Å². The minimum Gasteiger partial charge on any atom is -0.348 e. The van der Waals surface area contributed by atoms with Crippen molar-refractivity contribution >= 4 is 28.4 Å². The molecule has 0 fully saturated rings. The first-order chi connectivity index (χ1) is 14.0. The van der Waals surface area contributed by atoms with E-state index >= 15 is 0 Å². The van der Waals surface area contributed by atoms with E-state index in [2.05, 4.69) is 10.4 Å². The van der Waals surface area contributed by atoms with Gasteiger partial charge in [-0.2, -0.15) is 5.10 Å². The molecule has 29 heavy (non-hydrogen) atoms. The molecule has 4 nitrogen and oxygen atoms in total. The molecule has 7 heteroatoms. The molecule has 0 radical (unpaired) electrons. The summed E-state index contributed by atoms with van der Waals surface area (Å²) in [4.78, 5) is 12.6. The lowest BCUT2D eigenvalue weighted by atomic mass is 10.1. The van der Waals surface area contributed by atoms with Gasteiger partial charge in [0.25, 0.3) is 5.91 Å². The molecule has 0 atom stereocenters. The number of benzene rings is 3. The number of hydrogen-bond acceptors (Lipinski definition) is 2. The Morgan fingerprint density at radius 2 is 1.76 bits per heavy atom. The Labute approximate surface area is 170 Å². The molecule has 0 saturated heterocycles. The van der Waals surface area contributed by atoms with Gasteiger partial charge in [-0.15, -0.1) is 0 Å². The Balaban J connectivity index is 1.53. The topological polar surface area (TPSA) is 46.9 Å². The zero-order chi connectivity index (χ0) is 20.4. The molecule has 1 N–H and O–H groups in total. The van der Waals surface area contributed by atoms with E-state index in [1.165, 1.54) is 24.3 Å². The number of rotatable bonds is 5. The zero-order valence-electron chi connectivity index (χ0n) is 15.2. The number of carbonyl (C=O) groups is 1. The third kappa shape index (κ3) is 4.27. The van der Waals surface area contributed by atoms with Crippen LogP contribution in [0.4, 0.5) is 8.78 Å². The van der Waals surface area contributed by atoms with Crippen molar-refractivity contribution in [2.45, 2.75) is 13.1 Å². The van der Waals surface area contributed by atoms with Crippen LogP contribution in [0.2, 0.25) is 5.02 Å². The Hall–Kier alpha value is -3.25. The van der Waals surface area contributed by atoms with Gasteiger partial charge in [-0.05, 0) is 47.5 Å². The van der Waals surface area contributed by atoms with Gasteiger partial charge in [0.05, 0.1) is 18.3 Å². The number of halogens is 3. The zero-order valence-corrected chi connectivity index (χ0v) is 16.0. The molecule has 3 aromatic carbocycles. The first-order valence-corrected chi connectivity index (χ1v) is 9.29.